The van der Waals surface area contributed by atoms with Crippen LogP contribution >= 0.6 is 11.3 Å². The second-order valence-electron chi connectivity index (χ2n) is 6.66. The molecule has 1 amide bonds. The van der Waals surface area contributed by atoms with Crippen molar-refractivity contribution in [3.05, 3.63) is 50.2 Å². The number of benzene rings is 1. The van der Waals surface area contributed by atoms with E-state index in [0.717, 1.165) is 35.2 Å². The van der Waals surface area contributed by atoms with Gasteiger partial charge in [-0.3, -0.25) is 4.79 Å². The standard InChI is InChI=1S/C20H23NO3S/c1-12-8-13(2)19(14(3)9-12)21-18(22)11-24-20(23)17-10-15-6-4-5-7-16(15)25-17/h8-10H,4-7,11H2,1-3H3,(H,21,22). The lowest BCUT2D eigenvalue weighted by molar-refractivity contribution is -0.119. The van der Waals surface area contributed by atoms with E-state index in [1.807, 2.05) is 39.0 Å². The van der Waals surface area contributed by atoms with Crippen LogP contribution < -0.4 is 5.32 Å². The van der Waals surface area contributed by atoms with Gasteiger partial charge >= 0.3 is 5.97 Å². The van der Waals surface area contributed by atoms with Crippen molar-refractivity contribution < 1.29 is 14.3 Å². The van der Waals surface area contributed by atoms with E-state index < -0.39 is 5.97 Å². The summed E-state index contributed by atoms with van der Waals surface area (Å²) in [6.45, 7) is 5.66. The summed E-state index contributed by atoms with van der Waals surface area (Å²) < 4.78 is 5.20. The number of anilines is 1. The quantitative estimate of drug-likeness (QED) is 0.828. The molecule has 0 aliphatic heterocycles. The summed E-state index contributed by atoms with van der Waals surface area (Å²) in [6, 6.07) is 5.96. The van der Waals surface area contributed by atoms with Crippen LogP contribution in [-0.2, 0) is 22.4 Å². The largest absolute Gasteiger partial charge is 0.451 e. The molecule has 132 valence electrons. The number of esters is 1. The summed E-state index contributed by atoms with van der Waals surface area (Å²) in [7, 11) is 0. The lowest BCUT2D eigenvalue weighted by Gasteiger charge is -2.12. The molecule has 2 aromatic rings. The van der Waals surface area contributed by atoms with Gasteiger partial charge < -0.3 is 10.1 Å². The van der Waals surface area contributed by atoms with E-state index in [-0.39, 0.29) is 12.5 Å². The van der Waals surface area contributed by atoms with E-state index in [4.69, 9.17) is 4.74 Å². The topological polar surface area (TPSA) is 55.4 Å². The number of carbonyl (C=O) groups excluding carboxylic acids is 2. The Bertz CT molecular complexity index is 776. The summed E-state index contributed by atoms with van der Waals surface area (Å²) >= 11 is 1.50. The summed E-state index contributed by atoms with van der Waals surface area (Å²) in [5.74, 6) is -0.725. The SMILES string of the molecule is Cc1cc(C)c(NC(=O)COC(=O)c2cc3c(s2)CCCC3)c(C)c1. The summed E-state index contributed by atoms with van der Waals surface area (Å²) in [6.07, 6.45) is 4.43. The van der Waals surface area contributed by atoms with Gasteiger partial charge in [0.1, 0.15) is 4.88 Å². The molecule has 0 unspecified atom stereocenters. The van der Waals surface area contributed by atoms with Gasteiger partial charge in [0.2, 0.25) is 0 Å². The third kappa shape index (κ3) is 4.10. The molecule has 0 radical (unpaired) electrons. The van der Waals surface area contributed by atoms with Gasteiger partial charge in [-0.05, 0) is 69.2 Å². The highest BCUT2D eigenvalue weighted by molar-refractivity contribution is 7.14. The van der Waals surface area contributed by atoms with Crippen molar-refractivity contribution in [3.63, 3.8) is 0 Å². The molecule has 1 aromatic heterocycles. The minimum absolute atomic E-state index is 0.270. The minimum Gasteiger partial charge on any atom is -0.451 e. The highest BCUT2D eigenvalue weighted by atomic mass is 32.1. The summed E-state index contributed by atoms with van der Waals surface area (Å²) in [5.41, 5.74) is 5.21. The van der Waals surface area contributed by atoms with Crippen LogP contribution in [0.15, 0.2) is 18.2 Å². The predicted octanol–water partition coefficient (Wildman–Crippen LogP) is 4.35. The first-order valence-corrected chi connectivity index (χ1v) is 9.42. The third-order valence-electron chi connectivity index (χ3n) is 4.47. The monoisotopic (exact) mass is 357 g/mol. The smallest absolute Gasteiger partial charge is 0.348 e. The number of fused-ring (bicyclic) bond motifs is 1. The first-order valence-electron chi connectivity index (χ1n) is 8.60. The molecule has 1 heterocycles. The lowest BCUT2D eigenvalue weighted by atomic mass is 9.99. The molecule has 3 rings (SSSR count). The number of rotatable bonds is 4. The van der Waals surface area contributed by atoms with Gasteiger partial charge in [0, 0.05) is 10.6 Å². The van der Waals surface area contributed by atoms with E-state index in [2.05, 4.69) is 5.32 Å². The maximum atomic E-state index is 12.2. The Morgan fingerprint density at radius 3 is 2.44 bits per heavy atom. The zero-order valence-corrected chi connectivity index (χ0v) is 15.7. The average Bonchev–Trinajstić information content (AvgIpc) is 3.00. The number of amides is 1. The summed E-state index contributed by atoms with van der Waals surface area (Å²) in [5, 5.41) is 2.85. The Labute approximate surface area is 152 Å². The van der Waals surface area contributed by atoms with Crippen LogP contribution in [0.1, 0.15) is 49.6 Å². The predicted molar refractivity (Wildman–Crippen MR) is 101 cm³/mol. The van der Waals surface area contributed by atoms with Gasteiger partial charge in [-0.25, -0.2) is 4.79 Å². The molecule has 5 heteroatoms. The molecular formula is C20H23NO3S. The molecule has 1 aromatic carbocycles. The van der Waals surface area contributed by atoms with Crippen molar-refractivity contribution in [2.24, 2.45) is 0 Å². The zero-order valence-electron chi connectivity index (χ0n) is 14.9. The number of hydrogen-bond donors (Lipinski definition) is 1. The van der Waals surface area contributed by atoms with E-state index in [1.54, 1.807) is 0 Å². The fraction of sp³-hybridized carbons (Fsp3) is 0.400. The highest BCUT2D eigenvalue weighted by Gasteiger charge is 2.19. The zero-order chi connectivity index (χ0) is 18.0. The van der Waals surface area contributed by atoms with Crippen LogP contribution in [0.5, 0.6) is 0 Å². The van der Waals surface area contributed by atoms with Crippen molar-refractivity contribution in [1.82, 2.24) is 0 Å². The Balaban J connectivity index is 1.59. The van der Waals surface area contributed by atoms with Crippen LogP contribution in [0.2, 0.25) is 0 Å². The van der Waals surface area contributed by atoms with Crippen LogP contribution in [0.4, 0.5) is 5.69 Å². The first-order chi connectivity index (χ1) is 11.9. The average molecular weight is 357 g/mol. The fourth-order valence-electron chi connectivity index (χ4n) is 3.35. The van der Waals surface area contributed by atoms with E-state index in [0.29, 0.717) is 4.88 Å². The lowest BCUT2D eigenvalue weighted by Crippen LogP contribution is -2.21. The van der Waals surface area contributed by atoms with Crippen molar-refractivity contribution in [3.8, 4) is 0 Å². The molecule has 0 saturated heterocycles. The normalized spacial score (nSPS) is 13.2. The second-order valence-corrected chi connectivity index (χ2v) is 7.80. The number of thiophene rings is 1. The maximum Gasteiger partial charge on any atom is 0.348 e. The molecular weight excluding hydrogens is 334 g/mol. The van der Waals surface area contributed by atoms with Crippen molar-refractivity contribution in [1.29, 1.82) is 0 Å². The molecule has 1 N–H and O–H groups in total. The molecule has 0 fully saturated rings. The van der Waals surface area contributed by atoms with Gasteiger partial charge in [0.05, 0.1) is 0 Å². The third-order valence-corrected chi connectivity index (χ3v) is 5.69. The van der Waals surface area contributed by atoms with Crippen LogP contribution in [0.3, 0.4) is 0 Å². The Hall–Kier alpha value is -2.14. The molecule has 1 aliphatic carbocycles. The minimum atomic E-state index is -0.410. The molecule has 0 bridgehead atoms. The molecule has 4 nitrogen and oxygen atoms in total. The number of carbonyl (C=O) groups is 2. The van der Waals surface area contributed by atoms with Crippen molar-refractivity contribution in [2.75, 3.05) is 11.9 Å². The Kier molecular flexibility index (Phi) is 5.23. The van der Waals surface area contributed by atoms with Crippen LogP contribution in [0, 0.1) is 20.8 Å². The molecule has 25 heavy (non-hydrogen) atoms. The van der Waals surface area contributed by atoms with E-state index in [9.17, 15) is 9.59 Å². The van der Waals surface area contributed by atoms with Crippen molar-refractivity contribution >= 4 is 28.9 Å². The van der Waals surface area contributed by atoms with Gasteiger partial charge in [-0.1, -0.05) is 17.7 Å². The number of aryl methyl sites for hydroxylation is 5. The molecule has 1 aliphatic rings. The first kappa shape index (κ1) is 17.7. The number of nitrogens with one attached hydrogen (secondary N) is 1. The number of hydrogen-bond acceptors (Lipinski definition) is 4. The second kappa shape index (κ2) is 7.40. The Morgan fingerprint density at radius 2 is 1.76 bits per heavy atom. The molecule has 0 atom stereocenters. The van der Waals surface area contributed by atoms with Gasteiger partial charge in [-0.2, -0.15) is 0 Å². The van der Waals surface area contributed by atoms with Crippen molar-refractivity contribution in [2.45, 2.75) is 46.5 Å². The highest BCUT2D eigenvalue weighted by Crippen LogP contribution is 2.30. The maximum absolute atomic E-state index is 12.2. The number of ether oxygens (including phenoxy) is 1. The molecule has 0 saturated carbocycles. The van der Waals surface area contributed by atoms with Crippen LogP contribution in [0.25, 0.3) is 0 Å². The Morgan fingerprint density at radius 1 is 1.08 bits per heavy atom. The van der Waals surface area contributed by atoms with Crippen LogP contribution in [-0.4, -0.2) is 18.5 Å². The van der Waals surface area contributed by atoms with Gasteiger partial charge in [0.15, 0.2) is 6.61 Å². The van der Waals surface area contributed by atoms with E-state index in [1.165, 1.54) is 34.6 Å². The van der Waals surface area contributed by atoms with E-state index >= 15 is 0 Å². The fourth-order valence-corrected chi connectivity index (χ4v) is 4.49. The van der Waals surface area contributed by atoms with Gasteiger partial charge in [-0.15, -0.1) is 11.3 Å². The summed E-state index contributed by atoms with van der Waals surface area (Å²) in [4.78, 5) is 26.2. The molecule has 0 spiro atoms. The van der Waals surface area contributed by atoms with Gasteiger partial charge in [0.25, 0.3) is 5.91 Å².